The van der Waals surface area contributed by atoms with Crippen molar-refractivity contribution in [3.05, 3.63) is 54.6 Å². The second kappa shape index (κ2) is 8.82. The Hall–Kier alpha value is -2.13. The number of rotatable bonds is 9. The molecule has 0 bridgehead atoms. The normalized spacial score (nSPS) is 12.5. The second-order valence-corrected chi connectivity index (χ2v) is 5.74. The SMILES string of the molecule is CON(OC)c1ccc(OC(Oc2ccccc2)OP(=O)(O)O)cc1. The highest BCUT2D eigenvalue weighted by Crippen LogP contribution is 2.38. The zero-order valence-electron chi connectivity index (χ0n) is 13.5. The molecule has 2 N–H and O–H groups in total. The maximum atomic E-state index is 11.1. The van der Waals surface area contributed by atoms with E-state index in [0.29, 0.717) is 11.4 Å². The summed E-state index contributed by atoms with van der Waals surface area (Å²) in [6.07, 6.45) is 0. The molecule has 1 unspecified atom stereocenters. The molecule has 136 valence electrons. The van der Waals surface area contributed by atoms with Crippen molar-refractivity contribution in [2.24, 2.45) is 0 Å². The van der Waals surface area contributed by atoms with Gasteiger partial charge in [0.15, 0.2) is 0 Å². The van der Waals surface area contributed by atoms with Crippen LogP contribution < -0.4 is 14.7 Å². The van der Waals surface area contributed by atoms with Crippen LogP contribution in [0.3, 0.4) is 0 Å². The van der Waals surface area contributed by atoms with Gasteiger partial charge in [0.1, 0.15) is 11.5 Å². The molecule has 0 aliphatic rings. The average molecular weight is 371 g/mol. The van der Waals surface area contributed by atoms with Crippen LogP contribution in [0.1, 0.15) is 0 Å². The number of benzene rings is 2. The van der Waals surface area contributed by atoms with Crippen LogP contribution in [-0.4, -0.2) is 30.5 Å². The Morgan fingerprint density at radius 1 is 0.880 bits per heavy atom. The van der Waals surface area contributed by atoms with Gasteiger partial charge in [-0.05, 0) is 36.4 Å². The van der Waals surface area contributed by atoms with E-state index >= 15 is 0 Å². The van der Waals surface area contributed by atoms with Crippen molar-refractivity contribution >= 4 is 13.5 Å². The van der Waals surface area contributed by atoms with E-state index in [-0.39, 0.29) is 5.75 Å². The third kappa shape index (κ3) is 6.35. The minimum Gasteiger partial charge on any atom is -0.432 e. The zero-order chi connectivity index (χ0) is 18.3. The van der Waals surface area contributed by atoms with Gasteiger partial charge in [0.2, 0.25) is 0 Å². The van der Waals surface area contributed by atoms with Gasteiger partial charge >= 0.3 is 14.3 Å². The molecular weight excluding hydrogens is 353 g/mol. The fourth-order valence-corrected chi connectivity index (χ4v) is 2.14. The van der Waals surface area contributed by atoms with Crippen LogP contribution in [0.4, 0.5) is 5.69 Å². The van der Waals surface area contributed by atoms with E-state index in [1.165, 1.54) is 26.4 Å². The summed E-state index contributed by atoms with van der Waals surface area (Å²) in [5, 5.41) is 1.16. The number of ether oxygens (including phenoxy) is 2. The van der Waals surface area contributed by atoms with Crippen LogP contribution in [0.2, 0.25) is 0 Å². The van der Waals surface area contributed by atoms with Gasteiger partial charge in [-0.2, -0.15) is 0 Å². The van der Waals surface area contributed by atoms with Gasteiger partial charge in [0.25, 0.3) is 0 Å². The summed E-state index contributed by atoms with van der Waals surface area (Å²) in [6, 6.07) is 14.6. The molecule has 2 aromatic carbocycles. The lowest BCUT2D eigenvalue weighted by Crippen LogP contribution is -2.26. The number of para-hydroxylation sites is 1. The predicted molar refractivity (Wildman–Crippen MR) is 87.6 cm³/mol. The minimum atomic E-state index is -4.83. The van der Waals surface area contributed by atoms with E-state index in [0.717, 1.165) is 5.23 Å². The van der Waals surface area contributed by atoms with Gasteiger partial charge in [0, 0.05) is 0 Å². The average Bonchev–Trinajstić information content (AvgIpc) is 2.57. The summed E-state index contributed by atoms with van der Waals surface area (Å²) in [6.45, 7) is -1.64. The predicted octanol–water partition coefficient (Wildman–Crippen LogP) is 2.47. The van der Waals surface area contributed by atoms with Gasteiger partial charge in [0.05, 0.1) is 19.9 Å². The summed E-state index contributed by atoms with van der Waals surface area (Å²) >= 11 is 0. The van der Waals surface area contributed by atoms with E-state index in [9.17, 15) is 4.57 Å². The maximum absolute atomic E-state index is 11.1. The van der Waals surface area contributed by atoms with E-state index in [2.05, 4.69) is 4.52 Å². The lowest BCUT2D eigenvalue weighted by atomic mass is 10.3. The summed E-state index contributed by atoms with van der Waals surface area (Å²) in [7, 11) is -1.96. The van der Waals surface area contributed by atoms with Crippen molar-refractivity contribution in [2.45, 2.75) is 6.48 Å². The highest BCUT2D eigenvalue weighted by atomic mass is 31.2. The molecule has 0 amide bonds. The van der Waals surface area contributed by atoms with Gasteiger partial charge in [-0.15, -0.1) is 5.23 Å². The summed E-state index contributed by atoms with van der Waals surface area (Å²) in [5.41, 5.74) is 0.578. The smallest absolute Gasteiger partial charge is 0.432 e. The molecule has 1 atom stereocenters. The molecule has 0 spiro atoms. The third-order valence-electron chi connectivity index (χ3n) is 2.81. The van der Waals surface area contributed by atoms with Crippen molar-refractivity contribution in [1.29, 1.82) is 0 Å². The first-order chi connectivity index (χ1) is 11.9. The molecule has 2 rings (SSSR count). The van der Waals surface area contributed by atoms with Crippen LogP contribution in [0.15, 0.2) is 54.6 Å². The monoisotopic (exact) mass is 371 g/mol. The molecule has 0 heterocycles. The van der Waals surface area contributed by atoms with E-state index in [1.807, 2.05) is 0 Å². The quantitative estimate of drug-likeness (QED) is 0.390. The largest absolute Gasteiger partial charge is 0.475 e. The second-order valence-electron chi connectivity index (χ2n) is 4.55. The maximum Gasteiger partial charge on any atom is 0.475 e. The number of phosphoric ester groups is 1. The standard InChI is InChI=1S/C15H18NO8P/c1-20-16(21-2)12-8-10-14(11-9-12)23-15(24-25(17,18)19)22-13-6-4-3-5-7-13/h3-11,15H,1-2H3,(H2,17,18,19). The molecule has 10 heteroatoms. The van der Waals surface area contributed by atoms with Crippen LogP contribution in [-0.2, 0) is 18.8 Å². The highest BCUT2D eigenvalue weighted by Gasteiger charge is 2.25. The van der Waals surface area contributed by atoms with Gasteiger partial charge in [-0.3, -0.25) is 9.68 Å². The van der Waals surface area contributed by atoms with Crippen molar-refractivity contribution in [2.75, 3.05) is 19.4 Å². The van der Waals surface area contributed by atoms with Crippen molar-refractivity contribution < 1.29 is 38.0 Å². The molecule has 2 aromatic rings. The molecule has 0 aromatic heterocycles. The topological polar surface area (TPSA) is 107 Å². The van der Waals surface area contributed by atoms with Crippen LogP contribution in [0.5, 0.6) is 11.5 Å². The van der Waals surface area contributed by atoms with Crippen LogP contribution in [0, 0.1) is 0 Å². The summed E-state index contributed by atoms with van der Waals surface area (Å²) in [4.78, 5) is 28.0. The Bertz CT molecular complexity index is 686. The van der Waals surface area contributed by atoms with Gasteiger partial charge in [-0.1, -0.05) is 18.2 Å². The molecule has 0 radical (unpaired) electrons. The van der Waals surface area contributed by atoms with Crippen molar-refractivity contribution in [1.82, 2.24) is 0 Å². The lowest BCUT2D eigenvalue weighted by Gasteiger charge is -2.21. The van der Waals surface area contributed by atoms with E-state index in [4.69, 9.17) is 28.9 Å². The van der Waals surface area contributed by atoms with Crippen LogP contribution >= 0.6 is 7.82 Å². The third-order valence-corrected chi connectivity index (χ3v) is 3.26. The minimum absolute atomic E-state index is 0.255. The molecule has 9 nitrogen and oxygen atoms in total. The Morgan fingerprint density at radius 3 is 1.88 bits per heavy atom. The first kappa shape index (κ1) is 19.2. The fourth-order valence-electron chi connectivity index (χ4n) is 1.83. The fraction of sp³-hybridized carbons (Fsp3) is 0.200. The Kier molecular flexibility index (Phi) is 6.77. The number of hydrogen-bond acceptors (Lipinski definition) is 7. The molecule has 0 saturated heterocycles. The van der Waals surface area contributed by atoms with Gasteiger partial charge < -0.3 is 19.3 Å². The first-order valence-electron chi connectivity index (χ1n) is 7.02. The number of hydrogen-bond donors (Lipinski definition) is 2. The van der Waals surface area contributed by atoms with Gasteiger partial charge in [-0.25, -0.2) is 9.09 Å². The van der Waals surface area contributed by atoms with E-state index < -0.39 is 14.3 Å². The molecule has 25 heavy (non-hydrogen) atoms. The van der Waals surface area contributed by atoms with Crippen molar-refractivity contribution in [3.8, 4) is 11.5 Å². The highest BCUT2D eigenvalue weighted by molar-refractivity contribution is 7.46. The Morgan fingerprint density at radius 2 is 1.40 bits per heavy atom. The zero-order valence-corrected chi connectivity index (χ0v) is 14.4. The summed E-state index contributed by atoms with van der Waals surface area (Å²) in [5.74, 6) is 0.577. The van der Waals surface area contributed by atoms with Crippen LogP contribution in [0.25, 0.3) is 0 Å². The molecule has 0 aliphatic heterocycles. The number of nitrogens with zero attached hydrogens (tertiary/aromatic N) is 1. The van der Waals surface area contributed by atoms with Crippen molar-refractivity contribution in [3.63, 3.8) is 0 Å². The molecule has 0 saturated carbocycles. The lowest BCUT2D eigenvalue weighted by molar-refractivity contribution is -0.150. The number of phosphoric acid groups is 1. The number of anilines is 1. The van der Waals surface area contributed by atoms with E-state index in [1.54, 1.807) is 42.5 Å². The Balaban J connectivity index is 2.11. The summed E-state index contributed by atoms with van der Waals surface area (Å²) < 4.78 is 26.3. The molecular formula is C15H18NO8P. The molecule has 0 aliphatic carbocycles. The first-order valence-corrected chi connectivity index (χ1v) is 8.55. The molecule has 0 fully saturated rings. The Labute approximate surface area is 144 Å².